The highest BCUT2D eigenvalue weighted by Crippen LogP contribution is 2.27. The van der Waals surface area contributed by atoms with Gasteiger partial charge in [0.2, 0.25) is 0 Å². The second-order valence-corrected chi connectivity index (χ2v) is 6.67. The Labute approximate surface area is 132 Å². The zero-order chi connectivity index (χ0) is 15.7. The van der Waals surface area contributed by atoms with Gasteiger partial charge in [-0.3, -0.25) is 4.90 Å². The van der Waals surface area contributed by atoms with Gasteiger partial charge in [0.25, 0.3) is 5.89 Å². The van der Waals surface area contributed by atoms with E-state index in [9.17, 15) is 0 Å². The van der Waals surface area contributed by atoms with Gasteiger partial charge in [0, 0.05) is 4.88 Å². The van der Waals surface area contributed by atoms with Crippen LogP contribution in [-0.2, 0) is 6.54 Å². The van der Waals surface area contributed by atoms with Crippen molar-refractivity contribution < 1.29 is 8.94 Å². The van der Waals surface area contributed by atoms with Crippen molar-refractivity contribution in [2.75, 3.05) is 7.05 Å². The molecule has 3 rings (SSSR count). The largest absolute Gasteiger partial charge is 0.459 e. The summed E-state index contributed by atoms with van der Waals surface area (Å²) in [6.07, 6.45) is 1.58. The fourth-order valence-corrected chi connectivity index (χ4v) is 3.23. The summed E-state index contributed by atoms with van der Waals surface area (Å²) in [6, 6.07) is 3.78. The molecule has 0 amide bonds. The topological polar surface area (TPSA) is 68.2 Å². The highest BCUT2D eigenvalue weighted by atomic mass is 32.1. The van der Waals surface area contributed by atoms with Crippen molar-refractivity contribution in [3.63, 3.8) is 0 Å². The average Bonchev–Trinajstić information content (AvgIpc) is 3.18. The summed E-state index contributed by atoms with van der Waals surface area (Å²) >= 11 is 1.72. The summed E-state index contributed by atoms with van der Waals surface area (Å²) in [5.41, 5.74) is 1.11. The summed E-state index contributed by atoms with van der Waals surface area (Å²) in [6.45, 7) is 6.85. The fraction of sp³-hybridized carbons (Fsp3) is 0.400. The molecule has 1 atom stereocenters. The molecule has 0 aliphatic heterocycles. The van der Waals surface area contributed by atoms with E-state index in [0.29, 0.717) is 24.0 Å². The molecule has 3 heterocycles. The first-order chi connectivity index (χ1) is 10.5. The molecular weight excluding hydrogens is 300 g/mol. The lowest BCUT2D eigenvalue weighted by Crippen LogP contribution is -2.23. The molecule has 22 heavy (non-hydrogen) atoms. The van der Waals surface area contributed by atoms with Crippen LogP contribution in [-0.4, -0.2) is 27.1 Å². The Morgan fingerprint density at radius 2 is 2.14 bits per heavy atom. The summed E-state index contributed by atoms with van der Waals surface area (Å²) in [7, 11) is 2.03. The van der Waals surface area contributed by atoms with Crippen LogP contribution < -0.4 is 0 Å². The van der Waals surface area contributed by atoms with Gasteiger partial charge in [-0.25, -0.2) is 4.98 Å². The van der Waals surface area contributed by atoms with E-state index in [1.807, 2.05) is 14.0 Å². The molecule has 0 bridgehead atoms. The zero-order valence-corrected chi connectivity index (χ0v) is 13.8. The molecule has 3 aromatic heterocycles. The molecule has 0 saturated heterocycles. The molecule has 0 aliphatic rings. The molecule has 3 aromatic rings. The normalized spacial score (nSPS) is 13.0. The molecule has 7 heteroatoms. The van der Waals surface area contributed by atoms with Crippen molar-refractivity contribution in [3.8, 4) is 11.7 Å². The Bertz CT molecular complexity index is 748. The molecule has 0 aromatic carbocycles. The number of furan rings is 1. The molecule has 0 spiro atoms. The lowest BCUT2D eigenvalue weighted by atomic mass is 10.2. The Kier molecular flexibility index (Phi) is 4.08. The van der Waals surface area contributed by atoms with Gasteiger partial charge in [-0.1, -0.05) is 5.16 Å². The zero-order valence-electron chi connectivity index (χ0n) is 13.0. The van der Waals surface area contributed by atoms with Crippen molar-refractivity contribution >= 4 is 11.3 Å². The van der Waals surface area contributed by atoms with Gasteiger partial charge in [0.15, 0.2) is 11.6 Å². The van der Waals surface area contributed by atoms with Crippen molar-refractivity contribution in [2.24, 2.45) is 0 Å². The lowest BCUT2D eigenvalue weighted by molar-refractivity contribution is 0.238. The molecule has 0 saturated carbocycles. The average molecular weight is 318 g/mol. The molecule has 0 fully saturated rings. The highest BCUT2D eigenvalue weighted by molar-refractivity contribution is 7.11. The van der Waals surface area contributed by atoms with Crippen molar-refractivity contribution in [3.05, 3.63) is 39.8 Å². The SMILES string of the molecule is Cc1nc([C@@H](C)N(C)Cc2noc(-c3ccco3)n2)c(C)s1. The molecule has 0 unspecified atom stereocenters. The molecular formula is C15H18N4O2S. The van der Waals surface area contributed by atoms with E-state index in [1.54, 1.807) is 29.7 Å². The van der Waals surface area contributed by atoms with Crippen LogP contribution in [0.5, 0.6) is 0 Å². The number of aryl methyl sites for hydroxylation is 2. The first-order valence-electron chi connectivity index (χ1n) is 7.05. The second-order valence-electron chi connectivity index (χ2n) is 5.26. The molecule has 116 valence electrons. The summed E-state index contributed by atoms with van der Waals surface area (Å²) in [5.74, 6) is 1.62. The van der Waals surface area contributed by atoms with Crippen LogP contribution in [0.4, 0.5) is 0 Å². The van der Waals surface area contributed by atoms with Gasteiger partial charge < -0.3 is 8.94 Å². The van der Waals surface area contributed by atoms with E-state index in [2.05, 4.69) is 33.9 Å². The molecule has 0 N–H and O–H groups in total. The van der Waals surface area contributed by atoms with Crippen LogP contribution >= 0.6 is 11.3 Å². The van der Waals surface area contributed by atoms with Gasteiger partial charge in [0.1, 0.15) is 0 Å². The van der Waals surface area contributed by atoms with Crippen LogP contribution in [0.2, 0.25) is 0 Å². The van der Waals surface area contributed by atoms with E-state index in [0.717, 1.165) is 10.7 Å². The van der Waals surface area contributed by atoms with Gasteiger partial charge >= 0.3 is 0 Å². The van der Waals surface area contributed by atoms with Crippen LogP contribution in [0.25, 0.3) is 11.7 Å². The maximum atomic E-state index is 5.25. The third-order valence-electron chi connectivity index (χ3n) is 3.59. The molecule has 6 nitrogen and oxygen atoms in total. The first kappa shape index (κ1) is 14.9. The van der Waals surface area contributed by atoms with Crippen LogP contribution in [0.3, 0.4) is 0 Å². The quantitative estimate of drug-likeness (QED) is 0.716. The standard InChI is InChI=1S/C15H18N4O2S/c1-9(14-10(2)22-11(3)16-14)19(4)8-13-17-15(21-18-13)12-6-5-7-20-12/h5-7,9H,8H2,1-4H3/t9-/m1/s1. The maximum Gasteiger partial charge on any atom is 0.293 e. The summed E-state index contributed by atoms with van der Waals surface area (Å²) < 4.78 is 10.5. The Morgan fingerprint density at radius 3 is 2.77 bits per heavy atom. The third kappa shape index (κ3) is 2.95. The molecule has 0 radical (unpaired) electrons. The van der Waals surface area contributed by atoms with Gasteiger partial charge in [-0.2, -0.15) is 4.98 Å². The van der Waals surface area contributed by atoms with Crippen LogP contribution in [0, 0.1) is 13.8 Å². The van der Waals surface area contributed by atoms with Gasteiger partial charge in [0.05, 0.1) is 29.6 Å². The number of nitrogens with zero attached hydrogens (tertiary/aromatic N) is 4. The van der Waals surface area contributed by atoms with Crippen LogP contribution in [0.15, 0.2) is 27.3 Å². The Morgan fingerprint density at radius 1 is 1.32 bits per heavy atom. The van der Waals surface area contributed by atoms with Crippen LogP contribution in [0.1, 0.15) is 34.4 Å². The number of thiazole rings is 1. The minimum absolute atomic E-state index is 0.190. The van der Waals surface area contributed by atoms with E-state index in [4.69, 9.17) is 8.94 Å². The second kappa shape index (κ2) is 6.02. The minimum atomic E-state index is 0.190. The summed E-state index contributed by atoms with van der Waals surface area (Å²) in [4.78, 5) is 12.4. The Balaban J connectivity index is 1.71. The Hall–Kier alpha value is -1.99. The minimum Gasteiger partial charge on any atom is -0.459 e. The number of hydrogen-bond donors (Lipinski definition) is 0. The predicted molar refractivity (Wildman–Crippen MR) is 83.5 cm³/mol. The number of rotatable bonds is 5. The van der Waals surface area contributed by atoms with E-state index in [1.165, 1.54) is 4.88 Å². The predicted octanol–water partition coefficient (Wildman–Crippen LogP) is 3.60. The van der Waals surface area contributed by atoms with Gasteiger partial charge in [-0.15, -0.1) is 11.3 Å². The lowest BCUT2D eigenvalue weighted by Gasteiger charge is -2.22. The monoisotopic (exact) mass is 318 g/mol. The number of aromatic nitrogens is 3. The third-order valence-corrected chi connectivity index (χ3v) is 4.49. The van der Waals surface area contributed by atoms with E-state index >= 15 is 0 Å². The van der Waals surface area contributed by atoms with Crippen molar-refractivity contribution in [2.45, 2.75) is 33.4 Å². The molecule has 0 aliphatic carbocycles. The highest BCUT2D eigenvalue weighted by Gasteiger charge is 2.20. The van der Waals surface area contributed by atoms with Gasteiger partial charge in [-0.05, 0) is 40.0 Å². The van der Waals surface area contributed by atoms with Crippen molar-refractivity contribution in [1.82, 2.24) is 20.0 Å². The smallest absolute Gasteiger partial charge is 0.293 e. The van der Waals surface area contributed by atoms with E-state index < -0.39 is 0 Å². The first-order valence-corrected chi connectivity index (χ1v) is 7.87. The maximum absolute atomic E-state index is 5.25. The fourth-order valence-electron chi connectivity index (χ4n) is 2.32. The van der Waals surface area contributed by atoms with E-state index in [-0.39, 0.29) is 6.04 Å². The number of hydrogen-bond acceptors (Lipinski definition) is 7. The van der Waals surface area contributed by atoms with Crippen molar-refractivity contribution in [1.29, 1.82) is 0 Å². The summed E-state index contributed by atoms with van der Waals surface area (Å²) in [5, 5.41) is 5.10.